The second-order valence-electron chi connectivity index (χ2n) is 6.40. The second-order valence-corrected chi connectivity index (χ2v) is 6.40. The minimum absolute atomic E-state index is 0.281. The molecule has 1 rings (SSSR count). The first-order chi connectivity index (χ1) is 7.96. The fraction of sp³-hybridized carbons (Fsp3) is 1.00. The molecule has 0 amide bonds. The number of hydrogen-bond donors (Lipinski definition) is 1. The molecule has 1 fully saturated rings. The zero-order valence-electron chi connectivity index (χ0n) is 12.6. The maximum Gasteiger partial charge on any atom is 0.0195 e. The van der Waals surface area contributed by atoms with Crippen LogP contribution < -0.4 is 5.32 Å². The summed E-state index contributed by atoms with van der Waals surface area (Å²) in [6.07, 6.45) is 6.78. The minimum atomic E-state index is 0.281. The van der Waals surface area contributed by atoms with Gasteiger partial charge in [0.15, 0.2) is 0 Å². The molecule has 2 nitrogen and oxygen atoms in total. The van der Waals surface area contributed by atoms with E-state index in [1.807, 2.05) is 0 Å². The molecular formula is C15H32N2. The van der Waals surface area contributed by atoms with Gasteiger partial charge in [0, 0.05) is 24.2 Å². The van der Waals surface area contributed by atoms with Gasteiger partial charge in [-0.3, -0.25) is 4.90 Å². The van der Waals surface area contributed by atoms with Crippen LogP contribution in [-0.4, -0.2) is 35.6 Å². The average Bonchev–Trinajstić information content (AvgIpc) is 2.51. The highest BCUT2D eigenvalue weighted by molar-refractivity contribution is 4.82. The summed E-state index contributed by atoms with van der Waals surface area (Å²) in [4.78, 5) is 2.70. The van der Waals surface area contributed by atoms with E-state index in [1.54, 1.807) is 0 Å². The lowest BCUT2D eigenvalue weighted by molar-refractivity contribution is 0.146. The first-order valence-electron chi connectivity index (χ1n) is 7.47. The molecule has 1 aliphatic heterocycles. The van der Waals surface area contributed by atoms with Crippen molar-refractivity contribution >= 4 is 0 Å². The zero-order valence-corrected chi connectivity index (χ0v) is 12.6. The van der Waals surface area contributed by atoms with E-state index in [2.05, 4.69) is 44.8 Å². The third-order valence-corrected chi connectivity index (χ3v) is 4.43. The van der Waals surface area contributed by atoms with E-state index in [4.69, 9.17) is 0 Å². The number of likely N-dealkylation sites (tertiary alicyclic amines) is 1. The van der Waals surface area contributed by atoms with E-state index in [9.17, 15) is 0 Å². The van der Waals surface area contributed by atoms with E-state index in [-0.39, 0.29) is 5.54 Å². The van der Waals surface area contributed by atoms with Crippen molar-refractivity contribution in [2.45, 2.75) is 84.3 Å². The Kier molecular flexibility index (Phi) is 5.94. The van der Waals surface area contributed by atoms with Crippen LogP contribution in [0.4, 0.5) is 0 Å². The molecule has 0 aliphatic carbocycles. The number of nitrogens with one attached hydrogen (secondary N) is 1. The molecule has 1 saturated heterocycles. The Labute approximate surface area is 108 Å². The quantitative estimate of drug-likeness (QED) is 0.792. The molecule has 2 unspecified atom stereocenters. The lowest BCUT2D eigenvalue weighted by Gasteiger charge is -2.35. The molecule has 102 valence electrons. The summed E-state index contributed by atoms with van der Waals surface area (Å²) in [6.45, 7) is 14.0. The molecular weight excluding hydrogens is 208 g/mol. The van der Waals surface area contributed by atoms with Crippen LogP contribution in [0.1, 0.15) is 66.7 Å². The van der Waals surface area contributed by atoms with Gasteiger partial charge in [0.25, 0.3) is 0 Å². The summed E-state index contributed by atoms with van der Waals surface area (Å²) in [5.41, 5.74) is 0.281. The normalized spacial score (nSPS) is 25.6. The van der Waals surface area contributed by atoms with Crippen LogP contribution in [-0.2, 0) is 0 Å². The average molecular weight is 240 g/mol. The molecule has 1 heterocycles. The molecule has 0 saturated carbocycles. The van der Waals surface area contributed by atoms with Crippen molar-refractivity contribution in [1.82, 2.24) is 10.2 Å². The third kappa shape index (κ3) is 4.97. The summed E-state index contributed by atoms with van der Waals surface area (Å²) in [5, 5.41) is 3.71. The van der Waals surface area contributed by atoms with Gasteiger partial charge in [-0.15, -0.1) is 0 Å². The van der Waals surface area contributed by atoms with Gasteiger partial charge in [-0.05, 0) is 53.5 Å². The van der Waals surface area contributed by atoms with Crippen LogP contribution in [0.2, 0.25) is 0 Å². The maximum absolute atomic E-state index is 3.71. The highest BCUT2D eigenvalue weighted by Gasteiger charge is 2.23. The van der Waals surface area contributed by atoms with E-state index in [1.165, 1.54) is 38.6 Å². The topological polar surface area (TPSA) is 15.3 Å². The number of hydrogen-bond acceptors (Lipinski definition) is 2. The van der Waals surface area contributed by atoms with Crippen molar-refractivity contribution in [3.8, 4) is 0 Å². The Bertz CT molecular complexity index is 213. The lowest BCUT2D eigenvalue weighted by atomic mass is 10.0. The SMILES string of the molecule is CCC(C)(C)NCC(C)N1CCCCCC1C. The molecule has 2 atom stereocenters. The highest BCUT2D eigenvalue weighted by Crippen LogP contribution is 2.19. The van der Waals surface area contributed by atoms with Gasteiger partial charge in [-0.2, -0.15) is 0 Å². The Morgan fingerprint density at radius 1 is 1.29 bits per heavy atom. The van der Waals surface area contributed by atoms with Crippen molar-refractivity contribution in [3.63, 3.8) is 0 Å². The summed E-state index contributed by atoms with van der Waals surface area (Å²) < 4.78 is 0. The van der Waals surface area contributed by atoms with Gasteiger partial charge < -0.3 is 5.32 Å². The van der Waals surface area contributed by atoms with Gasteiger partial charge >= 0.3 is 0 Å². The molecule has 0 spiro atoms. The van der Waals surface area contributed by atoms with Crippen LogP contribution >= 0.6 is 0 Å². The van der Waals surface area contributed by atoms with Gasteiger partial charge in [0.05, 0.1) is 0 Å². The van der Waals surface area contributed by atoms with Crippen LogP contribution in [0.15, 0.2) is 0 Å². The Morgan fingerprint density at radius 2 is 2.00 bits per heavy atom. The van der Waals surface area contributed by atoms with Gasteiger partial charge in [-0.1, -0.05) is 19.8 Å². The first kappa shape index (κ1) is 15.0. The Morgan fingerprint density at radius 3 is 2.65 bits per heavy atom. The van der Waals surface area contributed by atoms with Crippen molar-refractivity contribution in [1.29, 1.82) is 0 Å². The van der Waals surface area contributed by atoms with E-state index >= 15 is 0 Å². The minimum Gasteiger partial charge on any atom is -0.310 e. The molecule has 2 heteroatoms. The summed E-state index contributed by atoms with van der Waals surface area (Å²) >= 11 is 0. The van der Waals surface area contributed by atoms with Crippen molar-refractivity contribution in [3.05, 3.63) is 0 Å². The standard InChI is InChI=1S/C15H32N2/c1-6-15(4,5)16-12-14(3)17-11-9-7-8-10-13(17)2/h13-14,16H,6-12H2,1-5H3. The molecule has 0 aromatic heterocycles. The number of nitrogens with zero attached hydrogens (tertiary/aromatic N) is 1. The Hall–Kier alpha value is -0.0800. The largest absolute Gasteiger partial charge is 0.310 e. The Balaban J connectivity index is 2.42. The van der Waals surface area contributed by atoms with Crippen LogP contribution in [0.5, 0.6) is 0 Å². The highest BCUT2D eigenvalue weighted by atomic mass is 15.2. The van der Waals surface area contributed by atoms with Crippen molar-refractivity contribution in [2.75, 3.05) is 13.1 Å². The predicted octanol–water partition coefficient (Wildman–Crippen LogP) is 3.42. The molecule has 0 aromatic carbocycles. The van der Waals surface area contributed by atoms with E-state index in [0.717, 1.165) is 12.6 Å². The third-order valence-electron chi connectivity index (χ3n) is 4.43. The predicted molar refractivity (Wildman–Crippen MR) is 76.5 cm³/mol. The zero-order chi connectivity index (χ0) is 12.9. The molecule has 17 heavy (non-hydrogen) atoms. The second kappa shape index (κ2) is 6.75. The molecule has 1 N–H and O–H groups in total. The fourth-order valence-corrected chi connectivity index (χ4v) is 2.62. The molecule has 1 aliphatic rings. The molecule has 0 radical (unpaired) electrons. The fourth-order valence-electron chi connectivity index (χ4n) is 2.62. The van der Waals surface area contributed by atoms with Crippen LogP contribution in [0.3, 0.4) is 0 Å². The maximum atomic E-state index is 3.71. The summed E-state index contributed by atoms with van der Waals surface area (Å²) in [5.74, 6) is 0. The van der Waals surface area contributed by atoms with E-state index in [0.29, 0.717) is 6.04 Å². The van der Waals surface area contributed by atoms with Gasteiger partial charge in [-0.25, -0.2) is 0 Å². The molecule has 0 aromatic rings. The van der Waals surface area contributed by atoms with Gasteiger partial charge in [0.1, 0.15) is 0 Å². The monoisotopic (exact) mass is 240 g/mol. The first-order valence-corrected chi connectivity index (χ1v) is 7.47. The van der Waals surface area contributed by atoms with E-state index < -0.39 is 0 Å². The summed E-state index contributed by atoms with van der Waals surface area (Å²) in [7, 11) is 0. The van der Waals surface area contributed by atoms with Crippen molar-refractivity contribution < 1.29 is 0 Å². The van der Waals surface area contributed by atoms with Crippen LogP contribution in [0.25, 0.3) is 0 Å². The van der Waals surface area contributed by atoms with Gasteiger partial charge in [0.2, 0.25) is 0 Å². The lowest BCUT2D eigenvalue weighted by Crippen LogP contribution is -2.49. The molecule has 0 bridgehead atoms. The summed E-state index contributed by atoms with van der Waals surface area (Å²) in [6, 6.07) is 1.42. The smallest absolute Gasteiger partial charge is 0.0195 e. The van der Waals surface area contributed by atoms with Crippen molar-refractivity contribution in [2.24, 2.45) is 0 Å². The number of rotatable bonds is 5. The van der Waals surface area contributed by atoms with Crippen LogP contribution in [0, 0.1) is 0 Å².